The van der Waals surface area contributed by atoms with Crippen molar-refractivity contribution in [1.82, 2.24) is 0 Å². The molecule has 20 heavy (non-hydrogen) atoms. The van der Waals surface area contributed by atoms with Crippen molar-refractivity contribution in [3.05, 3.63) is 23.8 Å². The molecule has 1 aromatic carbocycles. The van der Waals surface area contributed by atoms with Crippen LogP contribution in [0.4, 0.5) is 5.69 Å². The Kier molecular flexibility index (Phi) is 2.66. The van der Waals surface area contributed by atoms with Crippen LogP contribution >= 0.6 is 0 Å². The predicted molar refractivity (Wildman–Crippen MR) is 77.0 cm³/mol. The van der Waals surface area contributed by atoms with Crippen LogP contribution in [0.2, 0.25) is 0 Å². The number of anilines is 1. The largest absolute Gasteiger partial charge is 0.488 e. The first-order valence-corrected chi connectivity index (χ1v) is 7.69. The van der Waals surface area contributed by atoms with Crippen molar-refractivity contribution in [2.45, 2.75) is 38.2 Å². The van der Waals surface area contributed by atoms with Gasteiger partial charge in [-0.1, -0.05) is 0 Å². The fraction of sp³-hybridized carbons (Fsp3) is 0.588. The lowest BCUT2D eigenvalue weighted by Crippen LogP contribution is -2.50. The SMILES string of the molecule is N#Cc1ccc(OC2C3CC4CC(C3)CC2C4)c(N)c1. The van der Waals surface area contributed by atoms with E-state index in [1.807, 2.05) is 6.07 Å². The molecular formula is C17H20N2O. The third-order valence-electron chi connectivity index (χ3n) is 5.54. The summed E-state index contributed by atoms with van der Waals surface area (Å²) in [5, 5.41) is 8.89. The van der Waals surface area contributed by atoms with Crippen LogP contribution in [0.25, 0.3) is 0 Å². The van der Waals surface area contributed by atoms with Gasteiger partial charge in [-0.15, -0.1) is 0 Å². The van der Waals surface area contributed by atoms with Gasteiger partial charge in [0.05, 0.1) is 17.3 Å². The number of hydrogen-bond donors (Lipinski definition) is 1. The highest BCUT2D eigenvalue weighted by Gasteiger charge is 2.49. The van der Waals surface area contributed by atoms with Gasteiger partial charge in [0.25, 0.3) is 0 Å². The zero-order valence-corrected chi connectivity index (χ0v) is 11.6. The molecule has 3 heteroatoms. The Morgan fingerprint density at radius 1 is 1.05 bits per heavy atom. The second-order valence-electron chi connectivity index (χ2n) is 6.88. The first kappa shape index (κ1) is 12.1. The second-order valence-corrected chi connectivity index (χ2v) is 6.88. The van der Waals surface area contributed by atoms with Crippen molar-refractivity contribution >= 4 is 5.69 Å². The summed E-state index contributed by atoms with van der Waals surface area (Å²) in [6.45, 7) is 0. The Morgan fingerprint density at radius 3 is 2.25 bits per heavy atom. The van der Waals surface area contributed by atoms with E-state index in [2.05, 4.69) is 6.07 Å². The Labute approximate surface area is 119 Å². The maximum Gasteiger partial charge on any atom is 0.142 e. The average Bonchev–Trinajstić information content (AvgIpc) is 2.43. The molecule has 2 N–H and O–H groups in total. The zero-order valence-electron chi connectivity index (χ0n) is 11.6. The van der Waals surface area contributed by atoms with E-state index in [-0.39, 0.29) is 0 Å². The van der Waals surface area contributed by atoms with Crippen LogP contribution in [-0.2, 0) is 0 Å². The molecule has 0 amide bonds. The van der Waals surface area contributed by atoms with Crippen LogP contribution in [0.3, 0.4) is 0 Å². The molecule has 0 unspecified atom stereocenters. The molecule has 1 aromatic rings. The smallest absolute Gasteiger partial charge is 0.142 e. The molecule has 0 aromatic heterocycles. The van der Waals surface area contributed by atoms with E-state index in [1.54, 1.807) is 12.1 Å². The minimum absolute atomic E-state index is 0.345. The average molecular weight is 268 g/mol. The molecule has 0 spiro atoms. The standard InChI is InChI=1S/C17H20N2O/c18-9-10-1-2-16(15(19)8-10)20-17-13-4-11-3-12(6-13)7-14(17)5-11/h1-2,8,11-14,17H,3-7,19H2. The first-order valence-electron chi connectivity index (χ1n) is 7.69. The van der Waals surface area contributed by atoms with E-state index in [1.165, 1.54) is 32.1 Å². The molecule has 0 heterocycles. The van der Waals surface area contributed by atoms with Gasteiger partial charge in [0.2, 0.25) is 0 Å². The van der Waals surface area contributed by atoms with Crippen LogP contribution in [0.1, 0.15) is 37.7 Å². The number of nitrogens with zero attached hydrogens (tertiary/aromatic N) is 1. The summed E-state index contributed by atoms with van der Waals surface area (Å²) >= 11 is 0. The zero-order chi connectivity index (χ0) is 13.7. The highest BCUT2D eigenvalue weighted by Crippen LogP contribution is 2.54. The molecule has 0 radical (unpaired) electrons. The summed E-state index contributed by atoms with van der Waals surface area (Å²) in [5.74, 6) is 4.12. The molecule has 5 rings (SSSR count). The molecule has 104 valence electrons. The fourth-order valence-electron chi connectivity index (χ4n) is 4.94. The second kappa shape index (κ2) is 4.41. The maximum atomic E-state index is 8.89. The number of nitriles is 1. The van der Waals surface area contributed by atoms with Crippen molar-refractivity contribution in [2.24, 2.45) is 23.7 Å². The number of hydrogen-bond acceptors (Lipinski definition) is 3. The lowest BCUT2D eigenvalue weighted by molar-refractivity contribution is -0.0787. The van der Waals surface area contributed by atoms with Crippen molar-refractivity contribution in [3.63, 3.8) is 0 Å². The quantitative estimate of drug-likeness (QED) is 0.837. The van der Waals surface area contributed by atoms with E-state index >= 15 is 0 Å². The molecular weight excluding hydrogens is 248 g/mol. The molecule has 4 fully saturated rings. The number of benzene rings is 1. The summed E-state index contributed by atoms with van der Waals surface area (Å²) in [5.41, 5.74) is 7.22. The van der Waals surface area contributed by atoms with E-state index in [9.17, 15) is 0 Å². The molecule has 0 saturated heterocycles. The van der Waals surface area contributed by atoms with Gasteiger partial charge in [-0.3, -0.25) is 0 Å². The lowest BCUT2D eigenvalue weighted by atomic mass is 9.55. The summed E-state index contributed by atoms with van der Waals surface area (Å²) in [4.78, 5) is 0. The molecule has 0 aliphatic heterocycles. The van der Waals surface area contributed by atoms with Crippen LogP contribution in [-0.4, -0.2) is 6.10 Å². The minimum atomic E-state index is 0.345. The Hall–Kier alpha value is -1.69. The summed E-state index contributed by atoms with van der Waals surface area (Å²) in [6, 6.07) is 7.48. The summed E-state index contributed by atoms with van der Waals surface area (Å²) < 4.78 is 6.29. The monoisotopic (exact) mass is 268 g/mol. The summed E-state index contributed by atoms with van der Waals surface area (Å²) in [7, 11) is 0. The molecule has 4 aliphatic carbocycles. The van der Waals surface area contributed by atoms with Gasteiger partial charge in [-0.2, -0.15) is 5.26 Å². The minimum Gasteiger partial charge on any atom is -0.488 e. The highest BCUT2D eigenvalue weighted by molar-refractivity contribution is 5.56. The van der Waals surface area contributed by atoms with E-state index in [0.29, 0.717) is 17.4 Å². The number of ether oxygens (including phenoxy) is 1. The van der Waals surface area contributed by atoms with E-state index in [4.69, 9.17) is 15.7 Å². The van der Waals surface area contributed by atoms with Gasteiger partial charge in [0.1, 0.15) is 11.9 Å². The number of rotatable bonds is 2. The molecule has 3 nitrogen and oxygen atoms in total. The van der Waals surface area contributed by atoms with Crippen molar-refractivity contribution in [1.29, 1.82) is 5.26 Å². The van der Waals surface area contributed by atoms with Gasteiger partial charge in [-0.25, -0.2) is 0 Å². The third-order valence-corrected chi connectivity index (χ3v) is 5.54. The third kappa shape index (κ3) is 1.86. The van der Waals surface area contributed by atoms with Crippen LogP contribution in [0.5, 0.6) is 5.75 Å². The van der Waals surface area contributed by atoms with Crippen LogP contribution in [0, 0.1) is 35.0 Å². The van der Waals surface area contributed by atoms with Crippen molar-refractivity contribution in [3.8, 4) is 11.8 Å². The number of nitrogen functional groups attached to an aromatic ring is 1. The van der Waals surface area contributed by atoms with Crippen LogP contribution < -0.4 is 10.5 Å². The van der Waals surface area contributed by atoms with Gasteiger partial charge in [0, 0.05) is 0 Å². The maximum absolute atomic E-state index is 8.89. The molecule has 4 bridgehead atoms. The van der Waals surface area contributed by atoms with Crippen molar-refractivity contribution < 1.29 is 4.74 Å². The summed E-state index contributed by atoms with van der Waals surface area (Å²) in [6.07, 6.45) is 7.17. The topological polar surface area (TPSA) is 59.0 Å². The number of nitrogens with two attached hydrogens (primary N) is 1. The Bertz CT molecular complexity index is 547. The Morgan fingerprint density at radius 2 is 1.70 bits per heavy atom. The van der Waals surface area contributed by atoms with Gasteiger partial charge in [0.15, 0.2) is 0 Å². The van der Waals surface area contributed by atoms with Gasteiger partial charge in [-0.05, 0) is 74.0 Å². The molecule has 4 aliphatic rings. The van der Waals surface area contributed by atoms with Crippen molar-refractivity contribution in [2.75, 3.05) is 5.73 Å². The highest BCUT2D eigenvalue weighted by atomic mass is 16.5. The van der Waals surface area contributed by atoms with Gasteiger partial charge < -0.3 is 10.5 Å². The normalized spacial score (nSPS) is 37.6. The molecule has 4 saturated carbocycles. The first-order chi connectivity index (χ1) is 9.72. The lowest BCUT2D eigenvalue weighted by Gasteiger charge is -2.53. The molecule has 0 atom stereocenters. The Balaban J connectivity index is 1.56. The van der Waals surface area contributed by atoms with E-state index in [0.717, 1.165) is 29.4 Å². The van der Waals surface area contributed by atoms with Crippen LogP contribution in [0.15, 0.2) is 18.2 Å². The predicted octanol–water partition coefficient (Wildman–Crippen LogP) is 3.34. The van der Waals surface area contributed by atoms with E-state index < -0.39 is 0 Å². The van der Waals surface area contributed by atoms with Gasteiger partial charge >= 0.3 is 0 Å². The fourth-order valence-corrected chi connectivity index (χ4v) is 4.94.